The monoisotopic (exact) mass is 202 g/mol. The molecule has 0 aliphatic heterocycles. The van der Waals surface area contributed by atoms with Crippen molar-refractivity contribution in [2.24, 2.45) is 0 Å². The summed E-state index contributed by atoms with van der Waals surface area (Å²) < 4.78 is 4.96. The SMILES string of the molecule is CCC(=O)Oc1cnc2ccccc2n1. The van der Waals surface area contributed by atoms with Crippen molar-refractivity contribution in [3.8, 4) is 5.88 Å². The van der Waals surface area contributed by atoms with Gasteiger partial charge in [0.1, 0.15) is 0 Å². The highest BCUT2D eigenvalue weighted by Gasteiger charge is 2.04. The first-order valence-corrected chi connectivity index (χ1v) is 4.72. The summed E-state index contributed by atoms with van der Waals surface area (Å²) in [7, 11) is 0. The summed E-state index contributed by atoms with van der Waals surface area (Å²) in [5.41, 5.74) is 1.51. The molecule has 1 aromatic heterocycles. The maximum atomic E-state index is 11.0. The fourth-order valence-corrected chi connectivity index (χ4v) is 1.18. The first-order valence-electron chi connectivity index (χ1n) is 4.72. The lowest BCUT2D eigenvalue weighted by atomic mass is 10.3. The van der Waals surface area contributed by atoms with Crippen LogP contribution in [0, 0.1) is 0 Å². The van der Waals surface area contributed by atoms with E-state index in [1.807, 2.05) is 24.3 Å². The Bertz CT molecular complexity index is 497. The Balaban J connectivity index is 2.34. The van der Waals surface area contributed by atoms with E-state index in [0.717, 1.165) is 11.0 Å². The van der Waals surface area contributed by atoms with Crippen LogP contribution >= 0.6 is 0 Å². The van der Waals surface area contributed by atoms with E-state index in [-0.39, 0.29) is 11.8 Å². The predicted octanol–water partition coefficient (Wildman–Crippen LogP) is 1.95. The zero-order valence-corrected chi connectivity index (χ0v) is 8.30. The second kappa shape index (κ2) is 4.04. The summed E-state index contributed by atoms with van der Waals surface area (Å²) in [6, 6.07) is 7.43. The number of hydrogen-bond acceptors (Lipinski definition) is 4. The minimum atomic E-state index is -0.306. The Hall–Kier alpha value is -1.97. The second-order valence-corrected chi connectivity index (χ2v) is 3.02. The van der Waals surface area contributed by atoms with Crippen molar-refractivity contribution < 1.29 is 9.53 Å². The van der Waals surface area contributed by atoms with Crippen LogP contribution in [0.3, 0.4) is 0 Å². The average Bonchev–Trinajstić information content (AvgIpc) is 2.29. The molecule has 0 fully saturated rings. The lowest BCUT2D eigenvalue weighted by Crippen LogP contribution is -2.07. The van der Waals surface area contributed by atoms with Crippen LogP contribution in [0.25, 0.3) is 11.0 Å². The molecule has 0 radical (unpaired) electrons. The Kier molecular flexibility index (Phi) is 2.58. The summed E-state index contributed by atoms with van der Waals surface area (Å²) in [4.78, 5) is 19.3. The molecule has 1 heterocycles. The zero-order valence-electron chi connectivity index (χ0n) is 8.30. The molecule has 0 aliphatic rings. The first kappa shape index (κ1) is 9.58. The third-order valence-electron chi connectivity index (χ3n) is 1.93. The summed E-state index contributed by atoms with van der Waals surface area (Å²) in [6.45, 7) is 1.73. The molecule has 4 nitrogen and oxygen atoms in total. The first-order chi connectivity index (χ1) is 7.29. The maximum Gasteiger partial charge on any atom is 0.312 e. The molecule has 0 saturated heterocycles. The third-order valence-corrected chi connectivity index (χ3v) is 1.93. The van der Waals surface area contributed by atoms with Gasteiger partial charge in [0.2, 0.25) is 5.88 Å². The molecule has 0 spiro atoms. The predicted molar refractivity (Wildman–Crippen MR) is 55.5 cm³/mol. The van der Waals surface area contributed by atoms with Crippen molar-refractivity contribution in [3.05, 3.63) is 30.5 Å². The summed E-state index contributed by atoms with van der Waals surface area (Å²) in [5.74, 6) is -0.0554. The number of aromatic nitrogens is 2. The maximum absolute atomic E-state index is 11.0. The molecule has 0 saturated carbocycles. The Morgan fingerprint density at radius 2 is 2.07 bits per heavy atom. The van der Waals surface area contributed by atoms with Crippen molar-refractivity contribution >= 4 is 17.0 Å². The molecule has 0 atom stereocenters. The van der Waals surface area contributed by atoms with E-state index in [0.29, 0.717) is 6.42 Å². The van der Waals surface area contributed by atoms with Crippen LogP contribution in [-0.2, 0) is 4.79 Å². The molecule has 0 bridgehead atoms. The number of benzene rings is 1. The fraction of sp³-hybridized carbons (Fsp3) is 0.182. The highest BCUT2D eigenvalue weighted by atomic mass is 16.5. The van der Waals surface area contributed by atoms with Crippen molar-refractivity contribution in [1.82, 2.24) is 9.97 Å². The summed E-state index contributed by atoms with van der Waals surface area (Å²) in [5, 5.41) is 0. The second-order valence-electron chi connectivity index (χ2n) is 3.02. The van der Waals surface area contributed by atoms with E-state index in [2.05, 4.69) is 9.97 Å². The van der Waals surface area contributed by atoms with Gasteiger partial charge in [0.25, 0.3) is 0 Å². The topological polar surface area (TPSA) is 52.1 Å². The number of carbonyl (C=O) groups is 1. The van der Waals surface area contributed by atoms with Gasteiger partial charge >= 0.3 is 5.97 Å². The molecule has 76 valence electrons. The number of esters is 1. The summed E-state index contributed by atoms with van der Waals surface area (Å²) >= 11 is 0. The molecule has 2 aromatic rings. The van der Waals surface area contributed by atoms with Crippen molar-refractivity contribution in [2.45, 2.75) is 13.3 Å². The van der Waals surface area contributed by atoms with Crippen molar-refractivity contribution in [1.29, 1.82) is 0 Å². The molecule has 0 aliphatic carbocycles. The Labute approximate surface area is 86.9 Å². The quantitative estimate of drug-likeness (QED) is 0.698. The minimum Gasteiger partial charge on any atom is -0.406 e. The number of rotatable bonds is 2. The lowest BCUT2D eigenvalue weighted by molar-refractivity contribution is -0.134. The van der Waals surface area contributed by atoms with Gasteiger partial charge in [-0.2, -0.15) is 0 Å². The highest BCUT2D eigenvalue weighted by Crippen LogP contribution is 2.13. The van der Waals surface area contributed by atoms with Gasteiger partial charge in [-0.1, -0.05) is 19.1 Å². The molecule has 1 aromatic carbocycles. The van der Waals surface area contributed by atoms with E-state index >= 15 is 0 Å². The number of nitrogens with zero attached hydrogens (tertiary/aromatic N) is 2. The van der Waals surface area contributed by atoms with E-state index in [4.69, 9.17) is 4.74 Å². The van der Waals surface area contributed by atoms with Gasteiger partial charge in [0.05, 0.1) is 17.2 Å². The lowest BCUT2D eigenvalue weighted by Gasteiger charge is -2.01. The Morgan fingerprint density at radius 3 is 2.80 bits per heavy atom. The zero-order chi connectivity index (χ0) is 10.7. The number of fused-ring (bicyclic) bond motifs is 1. The molecular weight excluding hydrogens is 192 g/mol. The van der Waals surface area contributed by atoms with Gasteiger partial charge < -0.3 is 4.74 Å². The molecule has 4 heteroatoms. The highest BCUT2D eigenvalue weighted by molar-refractivity contribution is 5.75. The fourth-order valence-electron chi connectivity index (χ4n) is 1.18. The van der Waals surface area contributed by atoms with Crippen molar-refractivity contribution in [2.75, 3.05) is 0 Å². The van der Waals surface area contributed by atoms with E-state index in [1.165, 1.54) is 6.20 Å². The van der Waals surface area contributed by atoms with Crippen LogP contribution in [-0.4, -0.2) is 15.9 Å². The van der Waals surface area contributed by atoms with E-state index in [9.17, 15) is 4.79 Å². The number of carbonyl (C=O) groups excluding carboxylic acids is 1. The van der Waals surface area contributed by atoms with Crippen LogP contribution in [0.2, 0.25) is 0 Å². The van der Waals surface area contributed by atoms with Crippen LogP contribution < -0.4 is 4.74 Å². The van der Waals surface area contributed by atoms with Crippen LogP contribution in [0.5, 0.6) is 5.88 Å². The standard InChI is InChI=1S/C11H10N2O2/c1-2-11(14)15-10-7-12-8-5-3-4-6-9(8)13-10/h3-7H,2H2,1H3. The van der Waals surface area contributed by atoms with Crippen LogP contribution in [0.15, 0.2) is 30.5 Å². The van der Waals surface area contributed by atoms with E-state index < -0.39 is 0 Å². The molecule has 0 unspecified atom stereocenters. The van der Waals surface area contributed by atoms with Gasteiger partial charge in [-0.25, -0.2) is 9.97 Å². The number of para-hydroxylation sites is 2. The normalized spacial score (nSPS) is 10.2. The molecule has 0 N–H and O–H groups in total. The molecule has 0 amide bonds. The third kappa shape index (κ3) is 2.10. The van der Waals surface area contributed by atoms with E-state index in [1.54, 1.807) is 6.92 Å². The van der Waals surface area contributed by atoms with Gasteiger partial charge in [-0.15, -0.1) is 0 Å². The van der Waals surface area contributed by atoms with Crippen LogP contribution in [0.1, 0.15) is 13.3 Å². The largest absolute Gasteiger partial charge is 0.406 e. The van der Waals surface area contributed by atoms with Crippen molar-refractivity contribution in [3.63, 3.8) is 0 Å². The average molecular weight is 202 g/mol. The molecular formula is C11H10N2O2. The van der Waals surface area contributed by atoms with Gasteiger partial charge in [-0.3, -0.25) is 4.79 Å². The smallest absolute Gasteiger partial charge is 0.312 e. The van der Waals surface area contributed by atoms with Gasteiger partial charge in [0.15, 0.2) is 0 Å². The molecule has 15 heavy (non-hydrogen) atoms. The number of ether oxygens (including phenoxy) is 1. The Morgan fingerprint density at radius 1 is 1.33 bits per heavy atom. The van der Waals surface area contributed by atoms with Gasteiger partial charge in [-0.05, 0) is 12.1 Å². The van der Waals surface area contributed by atoms with Crippen LogP contribution in [0.4, 0.5) is 0 Å². The summed E-state index contributed by atoms with van der Waals surface area (Å²) in [6.07, 6.45) is 1.78. The number of hydrogen-bond donors (Lipinski definition) is 0. The molecule has 2 rings (SSSR count). The minimum absolute atomic E-state index is 0.251. The van der Waals surface area contributed by atoms with Gasteiger partial charge in [0, 0.05) is 6.42 Å².